The summed E-state index contributed by atoms with van der Waals surface area (Å²) in [6.07, 6.45) is 2.93. The minimum absolute atomic E-state index is 0.159. The molecule has 0 aliphatic rings. The number of halogens is 1. The van der Waals surface area contributed by atoms with Crippen molar-refractivity contribution in [2.75, 3.05) is 13.1 Å². The van der Waals surface area contributed by atoms with Crippen LogP contribution in [0.3, 0.4) is 0 Å². The number of nitrogens with zero attached hydrogens (tertiary/aromatic N) is 2. The van der Waals surface area contributed by atoms with Crippen molar-refractivity contribution in [3.05, 3.63) is 47.5 Å². The lowest BCUT2D eigenvalue weighted by molar-refractivity contribution is 0.0952. The van der Waals surface area contributed by atoms with Crippen molar-refractivity contribution in [2.24, 2.45) is 5.73 Å². The molecule has 0 atom stereocenters. The summed E-state index contributed by atoms with van der Waals surface area (Å²) in [7, 11) is 0. The van der Waals surface area contributed by atoms with E-state index < -0.39 is 0 Å². The largest absolute Gasteiger partial charge is 0.352 e. The third-order valence-electron chi connectivity index (χ3n) is 3.19. The van der Waals surface area contributed by atoms with E-state index >= 15 is 0 Å². The number of aromatic nitrogens is 2. The molecule has 3 N–H and O–H groups in total. The molecule has 0 radical (unpaired) electrons. The predicted molar refractivity (Wildman–Crippen MR) is 78.9 cm³/mol. The fraction of sp³-hybridized carbons (Fsp3) is 0.333. The highest BCUT2D eigenvalue weighted by Gasteiger charge is 2.16. The molecule has 0 saturated carbocycles. The van der Waals surface area contributed by atoms with Crippen LogP contribution in [-0.2, 0) is 6.42 Å². The zero-order valence-electron chi connectivity index (χ0n) is 12.0. The number of carbonyl (C=O) groups is 1. The second-order valence-electron chi connectivity index (χ2n) is 4.64. The van der Waals surface area contributed by atoms with Crippen LogP contribution in [0.25, 0.3) is 5.69 Å². The molecular formula is C15H19FN4O. The molecule has 2 rings (SSSR count). The van der Waals surface area contributed by atoms with Crippen LogP contribution in [0, 0.1) is 5.82 Å². The van der Waals surface area contributed by atoms with Crippen LogP contribution in [0.1, 0.15) is 29.4 Å². The van der Waals surface area contributed by atoms with E-state index in [9.17, 15) is 9.18 Å². The number of hydrogen-bond donors (Lipinski definition) is 2. The van der Waals surface area contributed by atoms with Gasteiger partial charge in [-0.05, 0) is 43.7 Å². The molecule has 5 nitrogen and oxygen atoms in total. The third kappa shape index (κ3) is 3.46. The number of benzene rings is 1. The van der Waals surface area contributed by atoms with E-state index in [0.717, 1.165) is 17.8 Å². The molecule has 21 heavy (non-hydrogen) atoms. The normalized spacial score (nSPS) is 10.6. The Morgan fingerprint density at radius 2 is 2.10 bits per heavy atom. The molecular weight excluding hydrogens is 271 g/mol. The van der Waals surface area contributed by atoms with E-state index in [-0.39, 0.29) is 11.7 Å². The van der Waals surface area contributed by atoms with Crippen molar-refractivity contribution in [3.63, 3.8) is 0 Å². The first-order valence-electron chi connectivity index (χ1n) is 6.98. The van der Waals surface area contributed by atoms with Gasteiger partial charge in [0.15, 0.2) is 0 Å². The molecule has 1 aromatic heterocycles. The van der Waals surface area contributed by atoms with Gasteiger partial charge in [-0.2, -0.15) is 5.10 Å². The highest BCUT2D eigenvalue weighted by atomic mass is 19.1. The number of hydrogen-bond acceptors (Lipinski definition) is 3. The van der Waals surface area contributed by atoms with E-state index in [2.05, 4.69) is 10.4 Å². The summed E-state index contributed by atoms with van der Waals surface area (Å²) in [5.41, 5.74) is 7.47. The Kier molecular flexibility index (Phi) is 5.05. The van der Waals surface area contributed by atoms with Gasteiger partial charge in [0.2, 0.25) is 0 Å². The molecule has 0 spiro atoms. The van der Waals surface area contributed by atoms with Crippen LogP contribution in [0.2, 0.25) is 0 Å². The number of carbonyl (C=O) groups excluding carboxylic acids is 1. The molecule has 0 saturated heterocycles. The summed E-state index contributed by atoms with van der Waals surface area (Å²) in [6, 6.07) is 6.02. The standard InChI is InChI=1S/C15H19FN4O/c1-2-14-13(15(21)18-9-3-8-17)10-19-20(14)12-6-4-11(16)5-7-12/h4-7,10H,2-3,8-9,17H2,1H3,(H,18,21). The fourth-order valence-electron chi connectivity index (χ4n) is 2.11. The predicted octanol–water partition coefficient (Wildman–Crippen LogP) is 1.65. The maximum absolute atomic E-state index is 13.0. The Balaban J connectivity index is 2.25. The zero-order chi connectivity index (χ0) is 15.2. The topological polar surface area (TPSA) is 72.9 Å². The summed E-state index contributed by atoms with van der Waals surface area (Å²) in [5, 5.41) is 7.06. The molecule has 0 unspecified atom stereocenters. The van der Waals surface area contributed by atoms with Gasteiger partial charge in [0.25, 0.3) is 5.91 Å². The molecule has 0 aliphatic carbocycles. The lowest BCUT2D eigenvalue weighted by Crippen LogP contribution is -2.26. The van der Waals surface area contributed by atoms with Crippen molar-refractivity contribution < 1.29 is 9.18 Å². The SMILES string of the molecule is CCc1c(C(=O)NCCCN)cnn1-c1ccc(F)cc1. The van der Waals surface area contributed by atoms with Crippen LogP contribution in [0.15, 0.2) is 30.5 Å². The quantitative estimate of drug-likeness (QED) is 0.795. The van der Waals surface area contributed by atoms with Gasteiger partial charge in [0, 0.05) is 6.54 Å². The van der Waals surface area contributed by atoms with Crippen LogP contribution >= 0.6 is 0 Å². The number of nitrogens with two attached hydrogens (primary N) is 1. The Morgan fingerprint density at radius 3 is 2.71 bits per heavy atom. The van der Waals surface area contributed by atoms with Gasteiger partial charge in [0.05, 0.1) is 23.1 Å². The lowest BCUT2D eigenvalue weighted by atomic mass is 10.2. The first kappa shape index (κ1) is 15.2. The second-order valence-corrected chi connectivity index (χ2v) is 4.64. The molecule has 1 amide bonds. The minimum Gasteiger partial charge on any atom is -0.352 e. The minimum atomic E-state index is -0.302. The average Bonchev–Trinajstić information content (AvgIpc) is 2.92. The maximum Gasteiger partial charge on any atom is 0.254 e. The molecule has 6 heteroatoms. The number of nitrogens with one attached hydrogen (secondary N) is 1. The molecule has 1 heterocycles. The Bertz CT molecular complexity index is 607. The monoisotopic (exact) mass is 290 g/mol. The first-order valence-corrected chi connectivity index (χ1v) is 6.98. The Morgan fingerprint density at radius 1 is 1.38 bits per heavy atom. The summed E-state index contributed by atoms with van der Waals surface area (Å²) in [4.78, 5) is 12.1. The van der Waals surface area contributed by atoms with Crippen molar-refractivity contribution in [1.29, 1.82) is 0 Å². The van der Waals surface area contributed by atoms with Crippen molar-refractivity contribution in [1.82, 2.24) is 15.1 Å². The van der Waals surface area contributed by atoms with E-state index in [1.54, 1.807) is 23.0 Å². The smallest absolute Gasteiger partial charge is 0.254 e. The van der Waals surface area contributed by atoms with Crippen molar-refractivity contribution >= 4 is 5.91 Å². The Hall–Kier alpha value is -2.21. The molecule has 2 aromatic rings. The van der Waals surface area contributed by atoms with Crippen molar-refractivity contribution in [2.45, 2.75) is 19.8 Å². The van der Waals surface area contributed by atoms with Crippen LogP contribution in [0.4, 0.5) is 4.39 Å². The second kappa shape index (κ2) is 6.99. The molecule has 0 aliphatic heterocycles. The van der Waals surface area contributed by atoms with E-state index in [0.29, 0.717) is 25.1 Å². The van der Waals surface area contributed by atoms with Gasteiger partial charge in [0.1, 0.15) is 5.82 Å². The van der Waals surface area contributed by atoms with Crippen LogP contribution in [0.5, 0.6) is 0 Å². The van der Waals surface area contributed by atoms with Gasteiger partial charge >= 0.3 is 0 Å². The van der Waals surface area contributed by atoms with Crippen LogP contribution in [-0.4, -0.2) is 28.8 Å². The maximum atomic E-state index is 13.0. The highest BCUT2D eigenvalue weighted by Crippen LogP contribution is 2.16. The van der Waals surface area contributed by atoms with Gasteiger partial charge < -0.3 is 11.1 Å². The summed E-state index contributed by atoms with van der Waals surface area (Å²) < 4.78 is 14.7. The summed E-state index contributed by atoms with van der Waals surface area (Å²) in [6.45, 7) is 3.03. The lowest BCUT2D eigenvalue weighted by Gasteiger charge is -2.08. The van der Waals surface area contributed by atoms with Gasteiger partial charge in [-0.1, -0.05) is 6.92 Å². The van der Waals surface area contributed by atoms with E-state index in [1.807, 2.05) is 6.92 Å². The summed E-state index contributed by atoms with van der Waals surface area (Å²) >= 11 is 0. The van der Waals surface area contributed by atoms with Crippen LogP contribution < -0.4 is 11.1 Å². The fourth-order valence-corrected chi connectivity index (χ4v) is 2.11. The van der Waals surface area contributed by atoms with Crippen molar-refractivity contribution in [3.8, 4) is 5.69 Å². The molecule has 0 fully saturated rings. The summed E-state index contributed by atoms with van der Waals surface area (Å²) in [5.74, 6) is -0.461. The van der Waals surface area contributed by atoms with Gasteiger partial charge in [-0.3, -0.25) is 4.79 Å². The third-order valence-corrected chi connectivity index (χ3v) is 3.19. The molecule has 0 bridgehead atoms. The van der Waals surface area contributed by atoms with E-state index in [1.165, 1.54) is 12.1 Å². The number of rotatable bonds is 6. The number of amides is 1. The highest BCUT2D eigenvalue weighted by molar-refractivity contribution is 5.95. The van der Waals surface area contributed by atoms with Gasteiger partial charge in [-0.25, -0.2) is 9.07 Å². The Labute approximate surface area is 123 Å². The van der Waals surface area contributed by atoms with E-state index in [4.69, 9.17) is 5.73 Å². The first-order chi connectivity index (χ1) is 10.2. The van der Waals surface area contributed by atoms with Gasteiger partial charge in [-0.15, -0.1) is 0 Å². The average molecular weight is 290 g/mol. The molecule has 112 valence electrons. The zero-order valence-corrected chi connectivity index (χ0v) is 12.0. The molecule has 1 aromatic carbocycles.